The number of hydrogen-bond acceptors (Lipinski definition) is 3. The van der Waals surface area contributed by atoms with Crippen molar-refractivity contribution in [3.05, 3.63) is 18.0 Å². The Morgan fingerprint density at radius 3 is 3.11 bits per heavy atom. The second-order valence-corrected chi connectivity index (χ2v) is 6.01. The van der Waals surface area contributed by atoms with Crippen LogP contribution >= 0.6 is 0 Å². The highest BCUT2D eigenvalue weighted by molar-refractivity contribution is 5.01. The molecule has 2 saturated heterocycles. The molecule has 0 amide bonds. The first-order valence-corrected chi connectivity index (χ1v) is 7.22. The first-order valence-electron chi connectivity index (χ1n) is 7.22. The summed E-state index contributed by atoms with van der Waals surface area (Å²) < 4.78 is 2.05. The van der Waals surface area contributed by atoms with Gasteiger partial charge in [0.15, 0.2) is 0 Å². The van der Waals surface area contributed by atoms with Crippen LogP contribution in [0.15, 0.2) is 12.3 Å². The number of nitrogens with one attached hydrogen (secondary N) is 1. The van der Waals surface area contributed by atoms with E-state index in [0.29, 0.717) is 6.04 Å². The minimum absolute atomic E-state index is 0.462. The van der Waals surface area contributed by atoms with Crippen LogP contribution in [-0.2, 0) is 6.54 Å². The molecule has 0 aliphatic carbocycles. The molecule has 2 fully saturated rings. The van der Waals surface area contributed by atoms with Crippen molar-refractivity contribution >= 4 is 0 Å². The van der Waals surface area contributed by atoms with Crippen LogP contribution in [0.3, 0.4) is 0 Å². The summed E-state index contributed by atoms with van der Waals surface area (Å²) in [5.41, 5.74) is 1.22. The zero-order chi connectivity index (χ0) is 12.5. The number of likely N-dealkylation sites (tertiary alicyclic amines) is 1. The lowest BCUT2D eigenvalue weighted by molar-refractivity contribution is 0.154. The predicted molar refractivity (Wildman–Crippen MR) is 72.4 cm³/mol. The van der Waals surface area contributed by atoms with E-state index in [1.54, 1.807) is 0 Å². The number of aromatic nitrogens is 2. The molecule has 2 aliphatic heterocycles. The lowest BCUT2D eigenvalue weighted by Gasteiger charge is -2.34. The van der Waals surface area contributed by atoms with Gasteiger partial charge in [0, 0.05) is 37.9 Å². The van der Waals surface area contributed by atoms with E-state index in [-0.39, 0.29) is 0 Å². The van der Waals surface area contributed by atoms with Crippen molar-refractivity contribution in [3.63, 3.8) is 0 Å². The Kier molecular flexibility index (Phi) is 3.39. The van der Waals surface area contributed by atoms with E-state index in [2.05, 4.69) is 46.1 Å². The second kappa shape index (κ2) is 5.02. The van der Waals surface area contributed by atoms with E-state index < -0.39 is 0 Å². The van der Waals surface area contributed by atoms with Gasteiger partial charge in [0.05, 0.1) is 5.69 Å². The molecule has 2 atom stereocenters. The Hall–Kier alpha value is -0.870. The molecule has 3 rings (SSSR count). The van der Waals surface area contributed by atoms with E-state index in [0.717, 1.165) is 18.5 Å². The van der Waals surface area contributed by atoms with Gasteiger partial charge in [-0.3, -0.25) is 9.58 Å². The number of fused-ring (bicyclic) bond motifs is 1. The Balaban J connectivity index is 1.59. The molecule has 1 N–H and O–H groups in total. The Morgan fingerprint density at radius 1 is 1.44 bits per heavy atom. The number of rotatable bonds is 3. The van der Waals surface area contributed by atoms with Crippen molar-refractivity contribution in [2.75, 3.05) is 19.6 Å². The summed E-state index contributed by atoms with van der Waals surface area (Å²) in [5.74, 6) is 0.867. The van der Waals surface area contributed by atoms with Crippen molar-refractivity contribution in [1.29, 1.82) is 0 Å². The third-order valence-electron chi connectivity index (χ3n) is 4.32. The summed E-state index contributed by atoms with van der Waals surface area (Å²) >= 11 is 0. The third-order valence-corrected chi connectivity index (χ3v) is 4.32. The van der Waals surface area contributed by atoms with Crippen LogP contribution in [-0.4, -0.2) is 40.4 Å². The highest BCUT2D eigenvalue weighted by Crippen LogP contribution is 2.25. The van der Waals surface area contributed by atoms with E-state index >= 15 is 0 Å². The zero-order valence-corrected chi connectivity index (χ0v) is 11.5. The monoisotopic (exact) mass is 248 g/mol. The molecule has 2 aliphatic rings. The summed E-state index contributed by atoms with van der Waals surface area (Å²) in [5, 5.41) is 8.26. The highest BCUT2D eigenvalue weighted by Gasteiger charge is 2.32. The first kappa shape index (κ1) is 12.2. The molecule has 0 spiro atoms. The third kappa shape index (κ3) is 2.45. The molecule has 4 heteroatoms. The summed E-state index contributed by atoms with van der Waals surface area (Å²) in [6.07, 6.45) is 4.75. The van der Waals surface area contributed by atoms with Crippen molar-refractivity contribution in [3.8, 4) is 0 Å². The molecule has 0 aromatic carbocycles. The van der Waals surface area contributed by atoms with Crippen LogP contribution in [0.5, 0.6) is 0 Å². The number of piperidine rings is 1. The summed E-state index contributed by atoms with van der Waals surface area (Å²) in [6, 6.07) is 3.41. The maximum Gasteiger partial charge on any atom is 0.0764 e. The Bertz CT molecular complexity index is 398. The maximum atomic E-state index is 4.65. The molecule has 0 radical (unpaired) electrons. The normalized spacial score (nSPS) is 28.8. The molecular formula is C14H24N4. The van der Waals surface area contributed by atoms with Gasteiger partial charge in [-0.05, 0) is 45.2 Å². The van der Waals surface area contributed by atoms with Gasteiger partial charge in [-0.2, -0.15) is 5.10 Å². The predicted octanol–water partition coefficient (Wildman–Crippen LogP) is 1.65. The van der Waals surface area contributed by atoms with Crippen LogP contribution in [0.1, 0.15) is 38.4 Å². The van der Waals surface area contributed by atoms with Crippen molar-refractivity contribution in [2.24, 2.45) is 5.92 Å². The van der Waals surface area contributed by atoms with Crippen molar-refractivity contribution in [2.45, 2.75) is 45.3 Å². The standard InChI is InChI=1S/C14H24N4/c1-11(2)18-8-4-13(16-18)10-17-7-5-14-12(9-17)3-6-15-14/h4,8,11-12,14-15H,3,5-7,9-10H2,1-2H3. The number of nitrogens with zero attached hydrogens (tertiary/aromatic N) is 3. The fraction of sp³-hybridized carbons (Fsp3) is 0.786. The molecule has 2 unspecified atom stereocenters. The molecule has 4 nitrogen and oxygen atoms in total. The van der Waals surface area contributed by atoms with Crippen LogP contribution in [0.2, 0.25) is 0 Å². The average molecular weight is 248 g/mol. The molecule has 3 heterocycles. The minimum Gasteiger partial charge on any atom is -0.314 e. The maximum absolute atomic E-state index is 4.65. The fourth-order valence-corrected chi connectivity index (χ4v) is 3.24. The zero-order valence-electron chi connectivity index (χ0n) is 11.5. The lowest BCUT2D eigenvalue weighted by atomic mass is 9.93. The van der Waals surface area contributed by atoms with Crippen LogP contribution in [0.25, 0.3) is 0 Å². The van der Waals surface area contributed by atoms with Crippen LogP contribution < -0.4 is 5.32 Å². The van der Waals surface area contributed by atoms with Gasteiger partial charge in [-0.25, -0.2) is 0 Å². The first-order chi connectivity index (χ1) is 8.72. The van der Waals surface area contributed by atoms with Gasteiger partial charge >= 0.3 is 0 Å². The van der Waals surface area contributed by atoms with Gasteiger partial charge < -0.3 is 5.32 Å². The Labute approximate surface area is 109 Å². The summed E-state index contributed by atoms with van der Waals surface area (Å²) in [4.78, 5) is 2.57. The van der Waals surface area contributed by atoms with Gasteiger partial charge in [0.1, 0.15) is 0 Å². The van der Waals surface area contributed by atoms with E-state index in [1.807, 2.05) is 0 Å². The largest absolute Gasteiger partial charge is 0.314 e. The fourth-order valence-electron chi connectivity index (χ4n) is 3.24. The summed E-state index contributed by atoms with van der Waals surface area (Å²) in [7, 11) is 0. The summed E-state index contributed by atoms with van der Waals surface area (Å²) in [6.45, 7) is 9.03. The van der Waals surface area contributed by atoms with Gasteiger partial charge in [-0.15, -0.1) is 0 Å². The SMILES string of the molecule is CC(C)n1ccc(CN2CCC3NCCC3C2)n1. The Morgan fingerprint density at radius 2 is 2.33 bits per heavy atom. The average Bonchev–Trinajstić information content (AvgIpc) is 2.96. The molecule has 1 aromatic heterocycles. The molecule has 100 valence electrons. The van der Waals surface area contributed by atoms with Gasteiger partial charge in [0.25, 0.3) is 0 Å². The highest BCUT2D eigenvalue weighted by atomic mass is 15.3. The van der Waals surface area contributed by atoms with Gasteiger partial charge in [0.2, 0.25) is 0 Å². The quantitative estimate of drug-likeness (QED) is 0.883. The van der Waals surface area contributed by atoms with E-state index in [4.69, 9.17) is 0 Å². The molecule has 0 saturated carbocycles. The topological polar surface area (TPSA) is 33.1 Å². The minimum atomic E-state index is 0.462. The lowest BCUT2D eigenvalue weighted by Crippen LogP contribution is -2.44. The van der Waals surface area contributed by atoms with Crippen molar-refractivity contribution < 1.29 is 0 Å². The van der Waals surface area contributed by atoms with Crippen molar-refractivity contribution in [1.82, 2.24) is 20.0 Å². The molecule has 18 heavy (non-hydrogen) atoms. The molecule has 0 bridgehead atoms. The van der Waals surface area contributed by atoms with Gasteiger partial charge in [-0.1, -0.05) is 0 Å². The van der Waals surface area contributed by atoms with E-state index in [1.165, 1.54) is 38.2 Å². The second-order valence-electron chi connectivity index (χ2n) is 6.01. The van der Waals surface area contributed by atoms with E-state index in [9.17, 15) is 0 Å². The molecular weight excluding hydrogens is 224 g/mol. The smallest absolute Gasteiger partial charge is 0.0764 e. The van der Waals surface area contributed by atoms with Crippen LogP contribution in [0.4, 0.5) is 0 Å². The van der Waals surface area contributed by atoms with Crippen LogP contribution in [0, 0.1) is 5.92 Å². The molecule has 1 aromatic rings. The number of hydrogen-bond donors (Lipinski definition) is 1.